The SMILES string of the molecule is COC(=O)[C@@H]1C[C@H](O)C(=O)C2[C@@]1(C(C)C)CC[C@@H]1C(=O)O[C@H](c3ccoc3)C[C@]21C. The Morgan fingerprint density at radius 3 is 2.67 bits per heavy atom. The lowest BCUT2D eigenvalue weighted by Crippen LogP contribution is -2.66. The van der Waals surface area contributed by atoms with Crippen molar-refractivity contribution in [1.82, 2.24) is 0 Å². The molecule has 30 heavy (non-hydrogen) atoms. The van der Waals surface area contributed by atoms with Crippen molar-refractivity contribution >= 4 is 17.7 Å². The average Bonchev–Trinajstić information content (AvgIpc) is 3.23. The smallest absolute Gasteiger partial charge is 0.310 e. The number of Topliss-reactive ketones (excluding diaryl/α,β-unsaturated/α-hetero) is 1. The molecule has 0 spiro atoms. The highest BCUT2D eigenvalue weighted by Crippen LogP contribution is 2.67. The van der Waals surface area contributed by atoms with Gasteiger partial charge in [0.25, 0.3) is 0 Å². The van der Waals surface area contributed by atoms with E-state index in [1.54, 1.807) is 12.3 Å². The van der Waals surface area contributed by atoms with Crippen molar-refractivity contribution in [3.63, 3.8) is 0 Å². The molecular formula is C23H30O7. The Morgan fingerprint density at radius 1 is 1.33 bits per heavy atom. The average molecular weight is 418 g/mol. The number of carbonyl (C=O) groups excluding carboxylic acids is 3. The third-order valence-electron chi connectivity index (χ3n) is 8.22. The van der Waals surface area contributed by atoms with Gasteiger partial charge in [-0.25, -0.2) is 0 Å². The van der Waals surface area contributed by atoms with Gasteiger partial charge in [0.05, 0.1) is 31.5 Å². The Kier molecular flexibility index (Phi) is 5.08. The molecule has 1 N–H and O–H groups in total. The van der Waals surface area contributed by atoms with Crippen LogP contribution in [0, 0.1) is 34.5 Å². The summed E-state index contributed by atoms with van der Waals surface area (Å²) in [4.78, 5) is 39.4. The zero-order valence-electron chi connectivity index (χ0n) is 17.9. The van der Waals surface area contributed by atoms with Crippen LogP contribution in [0.25, 0.3) is 0 Å². The lowest BCUT2D eigenvalue weighted by atomic mass is 9.40. The van der Waals surface area contributed by atoms with Crippen LogP contribution in [0.5, 0.6) is 0 Å². The fourth-order valence-corrected chi connectivity index (χ4v) is 6.84. The normalized spacial score (nSPS) is 41.1. The Hall–Kier alpha value is -2.15. The standard InChI is InChI=1S/C23H30O7/c1-12(2)23-7-5-14-21(27)30-17(13-6-8-29-11-13)10-22(14,3)19(23)18(25)16(24)9-15(23)20(26)28-4/h6,8,11-12,14-17,19,24H,5,7,9-10H2,1-4H3/t14-,15+,16+,17+,19?,22+,23-/m1/s1. The summed E-state index contributed by atoms with van der Waals surface area (Å²) in [5.74, 6) is -2.68. The van der Waals surface area contributed by atoms with Gasteiger partial charge in [-0.1, -0.05) is 20.8 Å². The van der Waals surface area contributed by atoms with Crippen LogP contribution in [0.2, 0.25) is 0 Å². The number of hydrogen-bond donors (Lipinski definition) is 1. The maximum absolute atomic E-state index is 13.5. The Bertz CT molecular complexity index is 844. The first-order chi connectivity index (χ1) is 14.2. The Labute approximate surface area is 176 Å². The van der Waals surface area contributed by atoms with Gasteiger partial charge in [-0.05, 0) is 48.5 Å². The number of methoxy groups -OCH3 is 1. The second-order valence-corrected chi connectivity index (χ2v) is 9.71. The van der Waals surface area contributed by atoms with Crippen molar-refractivity contribution < 1.29 is 33.4 Å². The molecule has 3 aliphatic rings. The minimum absolute atomic E-state index is 0.00820. The summed E-state index contributed by atoms with van der Waals surface area (Å²) in [6, 6.07) is 1.76. The summed E-state index contributed by atoms with van der Waals surface area (Å²) in [7, 11) is 1.34. The number of hydrogen-bond acceptors (Lipinski definition) is 7. The van der Waals surface area contributed by atoms with Gasteiger partial charge in [0.15, 0.2) is 5.78 Å². The molecule has 1 unspecified atom stereocenters. The van der Waals surface area contributed by atoms with E-state index < -0.39 is 46.8 Å². The molecule has 7 nitrogen and oxygen atoms in total. The molecule has 0 bridgehead atoms. The van der Waals surface area contributed by atoms with Crippen molar-refractivity contribution in [3.8, 4) is 0 Å². The van der Waals surface area contributed by atoms with Crippen LogP contribution in [0.3, 0.4) is 0 Å². The van der Waals surface area contributed by atoms with Crippen LogP contribution in [-0.2, 0) is 23.9 Å². The van der Waals surface area contributed by atoms with Crippen molar-refractivity contribution in [2.75, 3.05) is 7.11 Å². The lowest BCUT2D eigenvalue weighted by Gasteiger charge is -2.63. The number of carbonyl (C=O) groups is 3. The van der Waals surface area contributed by atoms with E-state index in [4.69, 9.17) is 13.9 Å². The molecule has 1 aliphatic heterocycles. The van der Waals surface area contributed by atoms with Crippen LogP contribution in [0.15, 0.2) is 23.0 Å². The van der Waals surface area contributed by atoms with E-state index in [1.165, 1.54) is 13.4 Å². The number of cyclic esters (lactones) is 1. The van der Waals surface area contributed by atoms with Gasteiger partial charge in [-0.3, -0.25) is 14.4 Å². The molecular weight excluding hydrogens is 388 g/mol. The maximum Gasteiger partial charge on any atom is 0.310 e. The van der Waals surface area contributed by atoms with Crippen molar-refractivity contribution in [2.45, 2.75) is 58.7 Å². The van der Waals surface area contributed by atoms with Gasteiger partial charge in [-0.2, -0.15) is 0 Å². The number of ketones is 1. The van der Waals surface area contributed by atoms with Crippen LogP contribution >= 0.6 is 0 Å². The van der Waals surface area contributed by atoms with Crippen LogP contribution in [0.4, 0.5) is 0 Å². The summed E-state index contributed by atoms with van der Waals surface area (Å²) in [5.41, 5.74) is -0.672. The third-order valence-corrected chi connectivity index (χ3v) is 8.22. The van der Waals surface area contributed by atoms with E-state index in [1.807, 2.05) is 20.8 Å². The highest BCUT2D eigenvalue weighted by atomic mass is 16.5. The van der Waals surface area contributed by atoms with E-state index in [0.29, 0.717) is 19.3 Å². The highest BCUT2D eigenvalue weighted by Gasteiger charge is 2.69. The van der Waals surface area contributed by atoms with E-state index in [2.05, 4.69) is 0 Å². The second kappa shape index (κ2) is 7.22. The molecule has 0 amide bonds. The van der Waals surface area contributed by atoms with Gasteiger partial charge in [0.2, 0.25) is 0 Å². The number of furan rings is 1. The monoisotopic (exact) mass is 418 g/mol. The predicted molar refractivity (Wildman–Crippen MR) is 105 cm³/mol. The zero-order valence-corrected chi connectivity index (χ0v) is 17.9. The van der Waals surface area contributed by atoms with Gasteiger partial charge < -0.3 is 19.0 Å². The van der Waals surface area contributed by atoms with Gasteiger partial charge in [0.1, 0.15) is 12.2 Å². The second-order valence-electron chi connectivity index (χ2n) is 9.71. The Balaban J connectivity index is 1.85. The molecule has 4 rings (SSSR count). The molecule has 2 saturated carbocycles. The first-order valence-corrected chi connectivity index (χ1v) is 10.7. The van der Waals surface area contributed by atoms with Crippen molar-refractivity contribution in [3.05, 3.63) is 24.2 Å². The fourth-order valence-electron chi connectivity index (χ4n) is 6.84. The van der Waals surface area contributed by atoms with E-state index >= 15 is 0 Å². The number of rotatable bonds is 3. The van der Waals surface area contributed by atoms with Gasteiger partial charge >= 0.3 is 11.9 Å². The third kappa shape index (κ3) is 2.77. The molecule has 164 valence electrons. The quantitative estimate of drug-likeness (QED) is 0.753. The summed E-state index contributed by atoms with van der Waals surface area (Å²) in [6.07, 6.45) is 2.90. The first-order valence-electron chi connectivity index (χ1n) is 10.7. The summed E-state index contributed by atoms with van der Waals surface area (Å²) in [6.45, 7) is 6.00. The summed E-state index contributed by atoms with van der Waals surface area (Å²) >= 11 is 0. The molecule has 1 aromatic heterocycles. The largest absolute Gasteiger partial charge is 0.472 e. The minimum Gasteiger partial charge on any atom is -0.472 e. The van der Waals surface area contributed by atoms with E-state index in [-0.39, 0.29) is 24.1 Å². The summed E-state index contributed by atoms with van der Waals surface area (Å²) < 4.78 is 16.0. The van der Waals surface area contributed by atoms with E-state index in [9.17, 15) is 19.5 Å². The van der Waals surface area contributed by atoms with Crippen LogP contribution in [-0.4, -0.2) is 36.0 Å². The fraction of sp³-hybridized carbons (Fsp3) is 0.696. The highest BCUT2D eigenvalue weighted by molar-refractivity contribution is 5.91. The number of ether oxygens (including phenoxy) is 2. The molecule has 3 fully saturated rings. The number of fused-ring (bicyclic) bond motifs is 3. The lowest BCUT2D eigenvalue weighted by molar-refractivity contribution is -0.217. The van der Waals surface area contributed by atoms with Crippen molar-refractivity contribution in [1.29, 1.82) is 0 Å². The molecule has 1 saturated heterocycles. The maximum atomic E-state index is 13.5. The molecule has 7 atom stereocenters. The molecule has 2 aliphatic carbocycles. The minimum atomic E-state index is -1.24. The molecule has 2 heterocycles. The van der Waals surface area contributed by atoms with Gasteiger partial charge in [-0.15, -0.1) is 0 Å². The molecule has 0 aromatic carbocycles. The summed E-state index contributed by atoms with van der Waals surface area (Å²) in [5, 5.41) is 10.7. The zero-order chi connectivity index (χ0) is 21.8. The number of aliphatic hydroxyl groups is 1. The molecule has 0 radical (unpaired) electrons. The van der Waals surface area contributed by atoms with Crippen LogP contribution in [0.1, 0.15) is 58.1 Å². The predicted octanol–water partition coefficient (Wildman–Crippen LogP) is 3.07. The molecule has 1 aromatic rings. The molecule has 7 heteroatoms. The van der Waals surface area contributed by atoms with Crippen molar-refractivity contribution in [2.24, 2.45) is 34.5 Å². The number of aliphatic hydroxyl groups excluding tert-OH is 1. The van der Waals surface area contributed by atoms with E-state index in [0.717, 1.165) is 5.56 Å². The number of esters is 2. The topological polar surface area (TPSA) is 103 Å². The first kappa shape index (κ1) is 21.1. The Morgan fingerprint density at radius 2 is 2.07 bits per heavy atom. The van der Waals surface area contributed by atoms with Crippen LogP contribution < -0.4 is 0 Å². The van der Waals surface area contributed by atoms with Gasteiger partial charge in [0, 0.05) is 11.5 Å².